The predicted octanol–water partition coefficient (Wildman–Crippen LogP) is 4.15. The second-order valence-corrected chi connectivity index (χ2v) is 5.37. The second-order valence-electron chi connectivity index (χ2n) is 3.98. The van der Waals surface area contributed by atoms with E-state index < -0.39 is 5.82 Å². The number of carbonyl (C=O) groups is 1. The summed E-state index contributed by atoms with van der Waals surface area (Å²) in [5.74, 6) is -0.737. The fourth-order valence-electron chi connectivity index (χ4n) is 1.70. The van der Waals surface area contributed by atoms with Crippen LogP contribution >= 0.6 is 28.6 Å². The van der Waals surface area contributed by atoms with E-state index in [4.69, 9.17) is 0 Å². The molecule has 98 valence electrons. The Morgan fingerprint density at radius 2 is 1.95 bits per heavy atom. The Morgan fingerprint density at radius 1 is 1.26 bits per heavy atom. The summed E-state index contributed by atoms with van der Waals surface area (Å²) in [7, 11) is 1.54. The molecule has 0 unspecified atom stereocenters. The van der Waals surface area contributed by atoms with Crippen LogP contribution < -0.4 is 4.90 Å². The lowest BCUT2D eigenvalue weighted by molar-refractivity contribution is 0.0989. The Labute approximate surface area is 124 Å². The SMILES string of the molecule is CN(C(=O)c1ccc(Br)cc1S)c1ccccc1F. The molecule has 0 saturated heterocycles. The molecule has 5 heteroatoms. The van der Waals surface area contributed by atoms with Gasteiger partial charge < -0.3 is 4.90 Å². The Balaban J connectivity index is 2.37. The van der Waals surface area contributed by atoms with Crippen molar-refractivity contribution in [3.63, 3.8) is 0 Å². The van der Waals surface area contributed by atoms with Gasteiger partial charge in [0.15, 0.2) is 0 Å². The summed E-state index contributed by atoms with van der Waals surface area (Å²) < 4.78 is 14.5. The van der Waals surface area contributed by atoms with Crippen molar-refractivity contribution in [2.45, 2.75) is 4.90 Å². The molecule has 0 bridgehead atoms. The Kier molecular flexibility index (Phi) is 4.27. The number of para-hydroxylation sites is 1. The average Bonchev–Trinajstić information content (AvgIpc) is 2.38. The highest BCUT2D eigenvalue weighted by molar-refractivity contribution is 9.10. The molecule has 0 radical (unpaired) electrons. The van der Waals surface area contributed by atoms with Gasteiger partial charge in [-0.05, 0) is 30.3 Å². The van der Waals surface area contributed by atoms with Crippen LogP contribution in [0, 0.1) is 5.82 Å². The van der Waals surface area contributed by atoms with Gasteiger partial charge in [-0.2, -0.15) is 0 Å². The molecule has 0 heterocycles. The number of thiol groups is 1. The molecule has 2 nitrogen and oxygen atoms in total. The van der Waals surface area contributed by atoms with Crippen molar-refractivity contribution in [1.29, 1.82) is 0 Å². The van der Waals surface area contributed by atoms with E-state index in [1.165, 1.54) is 18.0 Å². The number of benzene rings is 2. The first-order valence-electron chi connectivity index (χ1n) is 5.52. The first-order chi connectivity index (χ1) is 9.00. The number of halogens is 2. The third-order valence-corrected chi connectivity index (χ3v) is 3.57. The molecule has 0 aromatic heterocycles. The van der Waals surface area contributed by atoms with Crippen molar-refractivity contribution in [2.24, 2.45) is 0 Å². The van der Waals surface area contributed by atoms with Gasteiger partial charge in [-0.15, -0.1) is 12.6 Å². The number of anilines is 1. The minimum absolute atomic E-state index is 0.239. The van der Waals surface area contributed by atoms with E-state index in [2.05, 4.69) is 28.6 Å². The van der Waals surface area contributed by atoms with Gasteiger partial charge in [0.2, 0.25) is 0 Å². The topological polar surface area (TPSA) is 20.3 Å². The number of hydrogen-bond donors (Lipinski definition) is 1. The van der Waals surface area contributed by atoms with Crippen molar-refractivity contribution >= 4 is 40.2 Å². The number of amides is 1. The highest BCUT2D eigenvalue weighted by atomic mass is 79.9. The van der Waals surface area contributed by atoms with Crippen LogP contribution in [0.5, 0.6) is 0 Å². The lowest BCUT2D eigenvalue weighted by atomic mass is 10.2. The maximum Gasteiger partial charge on any atom is 0.259 e. The molecular formula is C14H11BrFNOS. The molecule has 2 rings (SSSR count). The number of hydrogen-bond acceptors (Lipinski definition) is 2. The molecule has 0 N–H and O–H groups in total. The van der Waals surface area contributed by atoms with Crippen molar-refractivity contribution in [1.82, 2.24) is 0 Å². The van der Waals surface area contributed by atoms with E-state index in [0.29, 0.717) is 10.5 Å². The van der Waals surface area contributed by atoms with Gasteiger partial charge in [0.05, 0.1) is 11.3 Å². The smallest absolute Gasteiger partial charge is 0.259 e. The minimum Gasteiger partial charge on any atom is -0.309 e. The van der Waals surface area contributed by atoms with Crippen molar-refractivity contribution < 1.29 is 9.18 Å². The number of carbonyl (C=O) groups excluding carboxylic acids is 1. The molecule has 19 heavy (non-hydrogen) atoms. The van der Waals surface area contributed by atoms with Gasteiger partial charge in [-0.25, -0.2) is 4.39 Å². The normalized spacial score (nSPS) is 10.3. The molecular weight excluding hydrogens is 329 g/mol. The zero-order valence-corrected chi connectivity index (χ0v) is 12.6. The van der Waals surface area contributed by atoms with Gasteiger partial charge in [-0.1, -0.05) is 28.1 Å². The van der Waals surface area contributed by atoms with E-state index in [1.807, 2.05) is 0 Å². The van der Waals surface area contributed by atoms with Gasteiger partial charge in [0.1, 0.15) is 5.82 Å². The first kappa shape index (κ1) is 14.1. The molecule has 2 aromatic rings. The fourth-order valence-corrected chi connectivity index (χ4v) is 2.55. The molecule has 0 aliphatic heterocycles. The summed E-state index contributed by atoms with van der Waals surface area (Å²) in [6.07, 6.45) is 0. The highest BCUT2D eigenvalue weighted by Gasteiger charge is 2.18. The standard InChI is InChI=1S/C14H11BrFNOS/c1-17(12-5-3-2-4-11(12)16)14(18)10-7-6-9(15)8-13(10)19/h2-8,19H,1H3. The second kappa shape index (κ2) is 5.75. The van der Waals surface area contributed by atoms with Crippen LogP contribution in [-0.2, 0) is 0 Å². The van der Waals surface area contributed by atoms with Crippen LogP contribution in [0.25, 0.3) is 0 Å². The molecule has 2 aromatic carbocycles. The van der Waals surface area contributed by atoms with E-state index >= 15 is 0 Å². The number of nitrogens with zero attached hydrogens (tertiary/aromatic N) is 1. The zero-order chi connectivity index (χ0) is 14.0. The summed E-state index contributed by atoms with van der Waals surface area (Å²) in [4.78, 5) is 14.1. The third kappa shape index (κ3) is 2.98. The summed E-state index contributed by atoms with van der Waals surface area (Å²) in [6, 6.07) is 11.3. The van der Waals surface area contributed by atoms with Crippen LogP contribution in [0.2, 0.25) is 0 Å². The van der Waals surface area contributed by atoms with Crippen LogP contribution in [-0.4, -0.2) is 13.0 Å². The van der Waals surface area contributed by atoms with Gasteiger partial charge in [-0.3, -0.25) is 4.79 Å². The summed E-state index contributed by atoms with van der Waals surface area (Å²) in [5, 5.41) is 0. The highest BCUT2D eigenvalue weighted by Crippen LogP contribution is 2.24. The Bertz CT molecular complexity index is 633. The molecule has 0 aliphatic carbocycles. The molecule has 0 aliphatic rings. The van der Waals surface area contributed by atoms with E-state index in [-0.39, 0.29) is 11.6 Å². The first-order valence-corrected chi connectivity index (χ1v) is 6.76. The number of rotatable bonds is 2. The van der Waals surface area contributed by atoms with Gasteiger partial charge in [0, 0.05) is 16.4 Å². The van der Waals surface area contributed by atoms with Crippen molar-refractivity contribution in [3.8, 4) is 0 Å². The van der Waals surface area contributed by atoms with E-state index in [1.54, 1.807) is 36.4 Å². The largest absolute Gasteiger partial charge is 0.309 e. The van der Waals surface area contributed by atoms with Crippen LogP contribution in [0.1, 0.15) is 10.4 Å². The summed E-state index contributed by atoms with van der Waals surface area (Å²) in [6.45, 7) is 0. The Hall–Kier alpha value is -1.33. The van der Waals surface area contributed by atoms with Crippen molar-refractivity contribution in [3.05, 3.63) is 58.3 Å². The molecule has 0 saturated carbocycles. The monoisotopic (exact) mass is 339 g/mol. The average molecular weight is 340 g/mol. The predicted molar refractivity (Wildman–Crippen MR) is 80.5 cm³/mol. The quantitative estimate of drug-likeness (QED) is 0.815. The molecule has 1 amide bonds. The van der Waals surface area contributed by atoms with Crippen LogP contribution in [0.3, 0.4) is 0 Å². The molecule has 0 spiro atoms. The summed E-state index contributed by atoms with van der Waals surface area (Å²) in [5.41, 5.74) is 0.667. The lowest BCUT2D eigenvalue weighted by Gasteiger charge is -2.18. The van der Waals surface area contributed by atoms with Crippen molar-refractivity contribution in [2.75, 3.05) is 11.9 Å². The minimum atomic E-state index is -0.434. The Morgan fingerprint density at radius 3 is 2.58 bits per heavy atom. The van der Waals surface area contributed by atoms with E-state index in [9.17, 15) is 9.18 Å². The van der Waals surface area contributed by atoms with Crippen LogP contribution in [0.15, 0.2) is 51.8 Å². The zero-order valence-electron chi connectivity index (χ0n) is 10.1. The summed E-state index contributed by atoms with van der Waals surface area (Å²) >= 11 is 7.57. The molecule has 0 atom stereocenters. The van der Waals surface area contributed by atoms with E-state index in [0.717, 1.165) is 4.47 Å². The maximum absolute atomic E-state index is 13.7. The van der Waals surface area contributed by atoms with Gasteiger partial charge in [0.25, 0.3) is 5.91 Å². The molecule has 0 fully saturated rings. The fraction of sp³-hybridized carbons (Fsp3) is 0.0714. The maximum atomic E-state index is 13.7. The van der Waals surface area contributed by atoms with Gasteiger partial charge >= 0.3 is 0 Å². The third-order valence-electron chi connectivity index (χ3n) is 2.71. The van der Waals surface area contributed by atoms with Crippen LogP contribution in [0.4, 0.5) is 10.1 Å². The lowest BCUT2D eigenvalue weighted by Crippen LogP contribution is -2.27.